The van der Waals surface area contributed by atoms with Crippen LogP contribution in [0, 0.1) is 0 Å². The van der Waals surface area contributed by atoms with Crippen molar-refractivity contribution in [2.24, 2.45) is 0 Å². The summed E-state index contributed by atoms with van der Waals surface area (Å²) in [6.07, 6.45) is 6.75. The Morgan fingerprint density at radius 2 is 2.21 bits per heavy atom. The van der Waals surface area contributed by atoms with Gasteiger partial charge in [-0.2, -0.15) is 0 Å². The molecule has 1 heterocycles. The van der Waals surface area contributed by atoms with Gasteiger partial charge in [-0.3, -0.25) is 9.63 Å². The zero-order valence-electron chi connectivity index (χ0n) is 11.6. The van der Waals surface area contributed by atoms with Crippen molar-refractivity contribution in [2.45, 2.75) is 64.4 Å². The van der Waals surface area contributed by atoms with E-state index in [0.29, 0.717) is 12.3 Å². The minimum Gasteiger partial charge on any atom is -0.272 e. The van der Waals surface area contributed by atoms with Crippen LogP contribution in [0.2, 0.25) is 0 Å². The molecule has 5 heteroatoms. The number of amides is 1. The van der Waals surface area contributed by atoms with E-state index in [1.54, 1.807) is 11.3 Å². The third-order valence-corrected chi connectivity index (χ3v) is 4.18. The SMILES string of the molecule is CC(C)ONC(=O)Cc1nc(C2CCCCC2)cs1. The predicted molar refractivity (Wildman–Crippen MR) is 76.0 cm³/mol. The van der Waals surface area contributed by atoms with E-state index in [-0.39, 0.29) is 12.0 Å². The van der Waals surface area contributed by atoms with Crippen LogP contribution in [0.5, 0.6) is 0 Å². The van der Waals surface area contributed by atoms with Crippen molar-refractivity contribution in [3.8, 4) is 0 Å². The van der Waals surface area contributed by atoms with Crippen molar-refractivity contribution in [1.82, 2.24) is 10.5 Å². The first-order valence-corrected chi connectivity index (χ1v) is 7.92. The van der Waals surface area contributed by atoms with Gasteiger partial charge in [0.05, 0.1) is 18.2 Å². The van der Waals surface area contributed by atoms with Crippen LogP contribution in [0.4, 0.5) is 0 Å². The number of thiazole rings is 1. The second-order valence-corrected chi connectivity index (χ2v) is 6.31. The van der Waals surface area contributed by atoms with E-state index in [1.807, 2.05) is 13.8 Å². The van der Waals surface area contributed by atoms with Gasteiger partial charge in [-0.15, -0.1) is 11.3 Å². The van der Waals surface area contributed by atoms with Crippen molar-refractivity contribution >= 4 is 17.2 Å². The highest BCUT2D eigenvalue weighted by molar-refractivity contribution is 7.09. The van der Waals surface area contributed by atoms with Crippen LogP contribution in [0.15, 0.2) is 5.38 Å². The average Bonchev–Trinajstić information content (AvgIpc) is 2.86. The maximum Gasteiger partial charge on any atom is 0.250 e. The van der Waals surface area contributed by atoms with E-state index in [9.17, 15) is 4.79 Å². The van der Waals surface area contributed by atoms with E-state index in [0.717, 1.165) is 5.01 Å². The molecule has 0 spiro atoms. The lowest BCUT2D eigenvalue weighted by molar-refractivity contribution is -0.136. The second-order valence-electron chi connectivity index (χ2n) is 5.37. The molecule has 1 aromatic heterocycles. The molecule has 1 aliphatic rings. The maximum atomic E-state index is 11.6. The molecular formula is C14H22N2O2S. The summed E-state index contributed by atoms with van der Waals surface area (Å²) in [5.41, 5.74) is 3.63. The monoisotopic (exact) mass is 282 g/mol. The molecule has 106 valence electrons. The van der Waals surface area contributed by atoms with Gasteiger partial charge in [0.2, 0.25) is 5.91 Å². The molecule has 1 aromatic rings. The summed E-state index contributed by atoms with van der Waals surface area (Å²) < 4.78 is 0. The molecule has 1 N–H and O–H groups in total. The van der Waals surface area contributed by atoms with E-state index >= 15 is 0 Å². The molecule has 0 radical (unpaired) electrons. The third kappa shape index (κ3) is 4.58. The van der Waals surface area contributed by atoms with Gasteiger partial charge in [-0.05, 0) is 26.7 Å². The molecule has 0 saturated heterocycles. The van der Waals surface area contributed by atoms with E-state index in [1.165, 1.54) is 37.8 Å². The Bertz CT molecular complexity index is 411. The topological polar surface area (TPSA) is 51.2 Å². The number of carbonyl (C=O) groups is 1. The summed E-state index contributed by atoms with van der Waals surface area (Å²) >= 11 is 1.58. The van der Waals surface area contributed by atoms with Crippen LogP contribution in [-0.4, -0.2) is 17.0 Å². The van der Waals surface area contributed by atoms with Crippen molar-refractivity contribution in [2.75, 3.05) is 0 Å². The fourth-order valence-corrected chi connectivity index (χ4v) is 3.22. The smallest absolute Gasteiger partial charge is 0.250 e. The van der Waals surface area contributed by atoms with Gasteiger partial charge in [0.15, 0.2) is 0 Å². The Hall–Kier alpha value is -0.940. The molecule has 1 aliphatic carbocycles. The van der Waals surface area contributed by atoms with Crippen molar-refractivity contribution in [3.63, 3.8) is 0 Å². The molecular weight excluding hydrogens is 260 g/mol. The minimum absolute atomic E-state index is 0.00181. The number of aromatic nitrogens is 1. The molecule has 1 amide bonds. The summed E-state index contributed by atoms with van der Waals surface area (Å²) in [6, 6.07) is 0. The number of nitrogens with one attached hydrogen (secondary N) is 1. The van der Waals surface area contributed by atoms with Crippen molar-refractivity contribution in [3.05, 3.63) is 16.1 Å². The molecule has 0 aromatic carbocycles. The second kappa shape index (κ2) is 7.01. The van der Waals surface area contributed by atoms with E-state index in [4.69, 9.17) is 4.84 Å². The molecule has 19 heavy (non-hydrogen) atoms. The Morgan fingerprint density at radius 3 is 2.89 bits per heavy atom. The van der Waals surface area contributed by atoms with Crippen LogP contribution in [0.25, 0.3) is 0 Å². The third-order valence-electron chi connectivity index (χ3n) is 3.31. The molecule has 0 aliphatic heterocycles. The molecule has 2 rings (SSSR count). The summed E-state index contributed by atoms with van der Waals surface area (Å²) in [7, 11) is 0. The normalized spacial score (nSPS) is 16.8. The van der Waals surface area contributed by atoms with Crippen LogP contribution in [-0.2, 0) is 16.1 Å². The molecule has 0 unspecified atom stereocenters. The first-order chi connectivity index (χ1) is 9.15. The summed E-state index contributed by atoms with van der Waals surface area (Å²) in [6.45, 7) is 3.76. The summed E-state index contributed by atoms with van der Waals surface area (Å²) in [5, 5.41) is 2.99. The Morgan fingerprint density at radius 1 is 1.47 bits per heavy atom. The van der Waals surface area contributed by atoms with Crippen LogP contribution >= 0.6 is 11.3 Å². The first-order valence-electron chi connectivity index (χ1n) is 7.04. The quantitative estimate of drug-likeness (QED) is 0.844. The first kappa shape index (κ1) is 14.5. The number of nitrogens with zero attached hydrogens (tertiary/aromatic N) is 1. The molecule has 1 saturated carbocycles. The van der Waals surface area contributed by atoms with Crippen molar-refractivity contribution in [1.29, 1.82) is 0 Å². The lowest BCUT2D eigenvalue weighted by Crippen LogP contribution is -2.28. The van der Waals surface area contributed by atoms with Crippen LogP contribution in [0.3, 0.4) is 0 Å². The van der Waals surface area contributed by atoms with Crippen LogP contribution in [0.1, 0.15) is 62.6 Å². The molecule has 0 atom stereocenters. The highest BCUT2D eigenvalue weighted by Crippen LogP contribution is 2.33. The predicted octanol–water partition coefficient (Wildman–Crippen LogP) is 3.19. The fourth-order valence-electron chi connectivity index (χ4n) is 2.35. The molecule has 0 bridgehead atoms. The number of hydrogen-bond donors (Lipinski definition) is 1. The fraction of sp³-hybridized carbons (Fsp3) is 0.714. The summed E-state index contributed by atoms with van der Waals surface area (Å²) in [4.78, 5) is 21.3. The van der Waals surface area contributed by atoms with Gasteiger partial charge < -0.3 is 0 Å². The number of rotatable bonds is 5. The van der Waals surface area contributed by atoms with Crippen LogP contribution < -0.4 is 5.48 Å². The zero-order valence-corrected chi connectivity index (χ0v) is 12.5. The van der Waals surface area contributed by atoms with Gasteiger partial charge in [0.1, 0.15) is 5.01 Å². The van der Waals surface area contributed by atoms with Crippen molar-refractivity contribution < 1.29 is 9.63 Å². The zero-order chi connectivity index (χ0) is 13.7. The van der Waals surface area contributed by atoms with Gasteiger partial charge in [0, 0.05) is 11.3 Å². The van der Waals surface area contributed by atoms with Gasteiger partial charge in [0.25, 0.3) is 0 Å². The molecule has 4 nitrogen and oxygen atoms in total. The van der Waals surface area contributed by atoms with Gasteiger partial charge in [-0.1, -0.05) is 19.3 Å². The number of hydrogen-bond acceptors (Lipinski definition) is 4. The molecule has 1 fully saturated rings. The Kier molecular flexibility index (Phi) is 5.34. The van der Waals surface area contributed by atoms with E-state index in [2.05, 4.69) is 15.8 Å². The lowest BCUT2D eigenvalue weighted by Gasteiger charge is -2.19. The largest absolute Gasteiger partial charge is 0.272 e. The number of hydroxylamine groups is 1. The maximum absolute atomic E-state index is 11.6. The standard InChI is InChI=1S/C14H22N2O2S/c1-10(2)18-16-13(17)8-14-15-12(9-19-14)11-6-4-3-5-7-11/h9-11H,3-8H2,1-2H3,(H,16,17). The van der Waals surface area contributed by atoms with Gasteiger partial charge >= 0.3 is 0 Å². The minimum atomic E-state index is -0.127. The average molecular weight is 282 g/mol. The number of carbonyl (C=O) groups excluding carboxylic acids is 1. The highest BCUT2D eigenvalue weighted by atomic mass is 32.1. The Balaban J connectivity index is 1.84. The Labute approximate surface area is 118 Å². The van der Waals surface area contributed by atoms with E-state index < -0.39 is 0 Å². The highest BCUT2D eigenvalue weighted by Gasteiger charge is 2.18. The summed E-state index contributed by atoms with van der Waals surface area (Å²) in [5.74, 6) is 0.479. The van der Waals surface area contributed by atoms with Gasteiger partial charge in [-0.25, -0.2) is 10.5 Å². The lowest BCUT2D eigenvalue weighted by atomic mass is 9.87.